The van der Waals surface area contributed by atoms with Crippen LogP contribution in [0, 0.1) is 11.7 Å². The molecule has 17 heavy (non-hydrogen) atoms. The molecule has 1 heterocycles. The molecule has 0 fully saturated rings. The van der Waals surface area contributed by atoms with E-state index >= 15 is 0 Å². The molecule has 0 N–H and O–H groups in total. The normalized spacial score (nSPS) is 11.4. The average Bonchev–Trinajstić information content (AvgIpc) is 2.57. The van der Waals surface area contributed by atoms with Gasteiger partial charge in [0.25, 0.3) is 0 Å². The fourth-order valence-electron chi connectivity index (χ4n) is 2.13. The van der Waals surface area contributed by atoms with Gasteiger partial charge in [0.2, 0.25) is 0 Å². The summed E-state index contributed by atoms with van der Waals surface area (Å²) >= 11 is 0. The summed E-state index contributed by atoms with van der Waals surface area (Å²) in [5.74, 6) is 0.115. The summed E-state index contributed by atoms with van der Waals surface area (Å²) < 4.78 is 15.7. The molecule has 0 saturated heterocycles. The van der Waals surface area contributed by atoms with Crippen molar-refractivity contribution in [2.24, 2.45) is 5.92 Å². The first-order chi connectivity index (χ1) is 8.00. The van der Waals surface area contributed by atoms with Gasteiger partial charge in [0.05, 0.1) is 5.52 Å². The van der Waals surface area contributed by atoms with Crippen LogP contribution in [0.5, 0.6) is 0 Å². The Morgan fingerprint density at radius 1 is 1.41 bits per heavy atom. The van der Waals surface area contributed by atoms with Crippen LogP contribution in [0.25, 0.3) is 10.9 Å². The molecule has 0 aliphatic heterocycles. The summed E-state index contributed by atoms with van der Waals surface area (Å²) in [6.07, 6.45) is 1.76. The van der Waals surface area contributed by atoms with Crippen LogP contribution in [-0.2, 0) is 6.54 Å². The van der Waals surface area contributed by atoms with Gasteiger partial charge in [-0.3, -0.25) is 4.79 Å². The first-order valence-corrected chi connectivity index (χ1v) is 5.79. The molecule has 2 nitrogen and oxygen atoms in total. The highest BCUT2D eigenvalue weighted by molar-refractivity contribution is 6.07. The summed E-state index contributed by atoms with van der Waals surface area (Å²) in [7, 11) is 0. The number of hydrogen-bond acceptors (Lipinski definition) is 1. The molecule has 0 spiro atoms. The molecule has 0 saturated carbocycles. The van der Waals surface area contributed by atoms with Gasteiger partial charge in [0, 0.05) is 23.7 Å². The lowest BCUT2D eigenvalue weighted by Gasteiger charge is -2.08. The molecule has 90 valence electrons. The molecule has 0 aliphatic carbocycles. The number of benzene rings is 1. The van der Waals surface area contributed by atoms with E-state index in [4.69, 9.17) is 0 Å². The molecule has 0 amide bonds. The number of Topliss-reactive ketones (excluding diaryl/α,β-unsaturated/α-hetero) is 1. The summed E-state index contributed by atoms with van der Waals surface area (Å²) in [5.41, 5.74) is 1.13. The van der Waals surface area contributed by atoms with E-state index in [-0.39, 0.29) is 11.6 Å². The second-order valence-electron chi connectivity index (χ2n) is 4.78. The van der Waals surface area contributed by atoms with Crippen LogP contribution >= 0.6 is 0 Å². The van der Waals surface area contributed by atoms with Gasteiger partial charge in [0.1, 0.15) is 5.82 Å². The second-order valence-corrected chi connectivity index (χ2v) is 4.78. The Hall–Kier alpha value is -1.64. The molecule has 0 radical (unpaired) electrons. The molecule has 0 unspecified atom stereocenters. The maximum absolute atomic E-state index is 13.8. The van der Waals surface area contributed by atoms with Gasteiger partial charge in [-0.05, 0) is 18.9 Å². The monoisotopic (exact) mass is 233 g/mol. The van der Waals surface area contributed by atoms with Crippen LogP contribution in [-0.4, -0.2) is 10.4 Å². The fraction of sp³-hybridized carbons (Fsp3) is 0.357. The van der Waals surface area contributed by atoms with Crippen molar-refractivity contribution in [3.63, 3.8) is 0 Å². The summed E-state index contributed by atoms with van der Waals surface area (Å²) in [5, 5.41) is 0.707. The lowest BCUT2D eigenvalue weighted by atomic mass is 10.1. The predicted molar refractivity (Wildman–Crippen MR) is 66.7 cm³/mol. The lowest BCUT2D eigenvalue weighted by molar-refractivity contribution is 0.101. The van der Waals surface area contributed by atoms with Crippen LogP contribution in [0.2, 0.25) is 0 Å². The highest BCUT2D eigenvalue weighted by Gasteiger charge is 2.15. The Bertz CT molecular complexity index is 569. The third-order valence-corrected chi connectivity index (χ3v) is 2.79. The summed E-state index contributed by atoms with van der Waals surface area (Å²) in [4.78, 5) is 11.5. The van der Waals surface area contributed by atoms with E-state index in [1.807, 2.05) is 4.57 Å². The standard InChI is InChI=1S/C14H16FNO/c1-9(2)7-16-8-12(10(3)17)11-5-4-6-13(15)14(11)16/h4-6,8-9H,7H2,1-3H3. The van der Waals surface area contributed by atoms with Crippen molar-refractivity contribution in [1.82, 2.24) is 4.57 Å². The maximum Gasteiger partial charge on any atom is 0.161 e. The van der Waals surface area contributed by atoms with Crippen molar-refractivity contribution in [3.8, 4) is 0 Å². The van der Waals surface area contributed by atoms with Crippen LogP contribution in [0.15, 0.2) is 24.4 Å². The van der Waals surface area contributed by atoms with Crippen LogP contribution in [0.3, 0.4) is 0 Å². The number of ketones is 1. The SMILES string of the molecule is CC(=O)c1cn(CC(C)C)c2c(F)cccc12. The van der Waals surface area contributed by atoms with Gasteiger partial charge in [-0.1, -0.05) is 26.0 Å². The van der Waals surface area contributed by atoms with Gasteiger partial charge >= 0.3 is 0 Å². The Labute approximate surface area is 100 Å². The van der Waals surface area contributed by atoms with E-state index in [9.17, 15) is 9.18 Å². The van der Waals surface area contributed by atoms with Crippen molar-refractivity contribution in [3.05, 3.63) is 35.8 Å². The Kier molecular flexibility index (Phi) is 3.01. The molecule has 2 aromatic rings. The number of carbonyl (C=O) groups excluding carboxylic acids is 1. The Balaban J connectivity index is 2.71. The average molecular weight is 233 g/mol. The van der Waals surface area contributed by atoms with Crippen LogP contribution < -0.4 is 0 Å². The van der Waals surface area contributed by atoms with Gasteiger partial charge in [-0.25, -0.2) is 4.39 Å². The number of halogens is 1. The first-order valence-electron chi connectivity index (χ1n) is 5.79. The van der Waals surface area contributed by atoms with Crippen molar-refractivity contribution in [2.45, 2.75) is 27.3 Å². The number of aromatic nitrogens is 1. The highest BCUT2D eigenvalue weighted by atomic mass is 19.1. The van der Waals surface area contributed by atoms with E-state index < -0.39 is 0 Å². The number of nitrogens with zero attached hydrogens (tertiary/aromatic N) is 1. The molecule has 1 aromatic heterocycles. The molecular weight excluding hydrogens is 217 g/mol. The Morgan fingerprint density at radius 3 is 2.71 bits per heavy atom. The van der Waals surface area contributed by atoms with Gasteiger partial charge < -0.3 is 4.57 Å². The fourth-order valence-corrected chi connectivity index (χ4v) is 2.13. The van der Waals surface area contributed by atoms with E-state index in [1.54, 1.807) is 18.3 Å². The first kappa shape index (κ1) is 11.8. The summed E-state index contributed by atoms with van der Waals surface area (Å²) in [6.45, 7) is 6.37. The minimum absolute atomic E-state index is 0.0249. The maximum atomic E-state index is 13.8. The topological polar surface area (TPSA) is 22.0 Å². The number of hydrogen-bond donors (Lipinski definition) is 0. The van der Waals surface area contributed by atoms with E-state index in [2.05, 4.69) is 13.8 Å². The number of carbonyl (C=O) groups is 1. The second kappa shape index (κ2) is 4.32. The van der Waals surface area contributed by atoms with Crippen LogP contribution in [0.1, 0.15) is 31.1 Å². The van der Waals surface area contributed by atoms with Crippen LogP contribution in [0.4, 0.5) is 4.39 Å². The molecule has 0 atom stereocenters. The van der Waals surface area contributed by atoms with Gasteiger partial charge in [-0.2, -0.15) is 0 Å². The minimum atomic E-state index is -0.268. The number of rotatable bonds is 3. The van der Waals surface area contributed by atoms with Gasteiger partial charge in [-0.15, -0.1) is 0 Å². The quantitative estimate of drug-likeness (QED) is 0.742. The zero-order valence-electron chi connectivity index (χ0n) is 10.3. The van der Waals surface area contributed by atoms with Gasteiger partial charge in [0.15, 0.2) is 5.78 Å². The van der Waals surface area contributed by atoms with Crippen molar-refractivity contribution >= 4 is 16.7 Å². The van der Waals surface area contributed by atoms with Crippen molar-refractivity contribution in [2.75, 3.05) is 0 Å². The molecule has 3 heteroatoms. The predicted octanol–water partition coefficient (Wildman–Crippen LogP) is 3.64. The molecule has 2 rings (SSSR count). The molecular formula is C14H16FNO. The largest absolute Gasteiger partial charge is 0.344 e. The smallest absolute Gasteiger partial charge is 0.161 e. The zero-order valence-corrected chi connectivity index (χ0v) is 10.3. The Morgan fingerprint density at radius 2 is 2.12 bits per heavy atom. The highest BCUT2D eigenvalue weighted by Crippen LogP contribution is 2.25. The van der Waals surface area contributed by atoms with Crippen molar-refractivity contribution in [1.29, 1.82) is 0 Å². The molecule has 0 aliphatic rings. The number of fused-ring (bicyclic) bond motifs is 1. The van der Waals surface area contributed by atoms with E-state index in [0.717, 1.165) is 0 Å². The van der Waals surface area contributed by atoms with E-state index in [1.165, 1.54) is 13.0 Å². The van der Waals surface area contributed by atoms with E-state index in [0.29, 0.717) is 28.9 Å². The number of para-hydroxylation sites is 1. The third kappa shape index (κ3) is 2.09. The summed E-state index contributed by atoms with van der Waals surface area (Å²) in [6, 6.07) is 4.87. The zero-order chi connectivity index (χ0) is 12.6. The lowest BCUT2D eigenvalue weighted by Crippen LogP contribution is -2.03. The minimum Gasteiger partial charge on any atom is -0.344 e. The molecule has 1 aromatic carbocycles. The molecule has 0 bridgehead atoms. The van der Waals surface area contributed by atoms with Crippen molar-refractivity contribution < 1.29 is 9.18 Å². The third-order valence-electron chi connectivity index (χ3n) is 2.79.